The molecule has 0 N–H and O–H groups in total. The molecule has 1 aromatic heterocycles. The smallest absolute Gasteiger partial charge is 0.217 e. The Bertz CT molecular complexity index is 369. The van der Waals surface area contributed by atoms with Crippen molar-refractivity contribution in [1.29, 1.82) is 0 Å². The van der Waals surface area contributed by atoms with Gasteiger partial charge < -0.3 is 0 Å². The summed E-state index contributed by atoms with van der Waals surface area (Å²) in [5, 5.41) is -0.381. The number of benzene rings is 1. The highest BCUT2D eigenvalue weighted by Gasteiger charge is 2.01. The van der Waals surface area contributed by atoms with Crippen molar-refractivity contribution in [2.45, 2.75) is 0 Å². The molecule has 0 radical (unpaired) electrons. The molecule has 0 aliphatic rings. The van der Waals surface area contributed by atoms with Crippen LogP contribution >= 0.6 is 11.3 Å². The van der Waals surface area contributed by atoms with Crippen molar-refractivity contribution in [3.63, 3.8) is 0 Å². The van der Waals surface area contributed by atoms with E-state index in [9.17, 15) is 4.39 Å². The second kappa shape index (κ2) is 3.03. The van der Waals surface area contributed by atoms with Crippen molar-refractivity contribution in [3.8, 4) is 10.4 Å². The number of hydrogen-bond acceptors (Lipinski definition) is 2. The van der Waals surface area contributed by atoms with Crippen LogP contribution in [0.2, 0.25) is 0 Å². The fourth-order valence-electron chi connectivity index (χ4n) is 0.989. The summed E-state index contributed by atoms with van der Waals surface area (Å²) in [4.78, 5) is 4.41. The van der Waals surface area contributed by atoms with Crippen molar-refractivity contribution in [1.82, 2.24) is 4.98 Å². The molecular formula is C9H6FNS. The number of rotatable bonds is 1. The predicted octanol–water partition coefficient (Wildman–Crippen LogP) is 2.95. The van der Waals surface area contributed by atoms with E-state index in [1.165, 1.54) is 0 Å². The molecule has 12 heavy (non-hydrogen) atoms. The first kappa shape index (κ1) is 7.43. The fraction of sp³-hybridized carbons (Fsp3) is 0. The van der Waals surface area contributed by atoms with E-state index >= 15 is 0 Å². The van der Waals surface area contributed by atoms with Crippen LogP contribution in [-0.4, -0.2) is 4.98 Å². The van der Waals surface area contributed by atoms with Crippen molar-refractivity contribution in [3.05, 3.63) is 41.8 Å². The van der Waals surface area contributed by atoms with E-state index in [1.54, 1.807) is 6.20 Å². The predicted molar refractivity (Wildman–Crippen MR) is 47.5 cm³/mol. The lowest BCUT2D eigenvalue weighted by Gasteiger charge is -1.92. The lowest BCUT2D eigenvalue weighted by atomic mass is 10.2. The number of nitrogens with zero attached hydrogens (tertiary/aromatic N) is 1. The topological polar surface area (TPSA) is 12.9 Å². The van der Waals surface area contributed by atoms with E-state index in [-0.39, 0.29) is 5.26 Å². The Kier molecular flexibility index (Phi) is 1.87. The van der Waals surface area contributed by atoms with Crippen molar-refractivity contribution < 1.29 is 4.39 Å². The highest BCUT2D eigenvalue weighted by molar-refractivity contribution is 7.13. The molecule has 0 saturated carbocycles. The molecule has 0 bridgehead atoms. The Morgan fingerprint density at radius 2 is 1.92 bits per heavy atom. The van der Waals surface area contributed by atoms with Gasteiger partial charge in [-0.15, -0.1) is 0 Å². The van der Waals surface area contributed by atoms with Gasteiger partial charge in [0.25, 0.3) is 5.26 Å². The van der Waals surface area contributed by atoms with Gasteiger partial charge in [0, 0.05) is 6.20 Å². The van der Waals surface area contributed by atoms with Crippen LogP contribution in [0.5, 0.6) is 0 Å². The van der Waals surface area contributed by atoms with Crippen LogP contribution in [0.15, 0.2) is 36.5 Å². The average molecular weight is 179 g/mol. The normalized spacial score (nSPS) is 10.1. The molecule has 0 spiro atoms. The summed E-state index contributed by atoms with van der Waals surface area (Å²) in [6, 6.07) is 9.65. The first-order valence-corrected chi connectivity index (χ1v) is 4.34. The molecule has 60 valence electrons. The van der Waals surface area contributed by atoms with Gasteiger partial charge in [0.15, 0.2) is 0 Å². The van der Waals surface area contributed by atoms with Crippen LogP contribution < -0.4 is 0 Å². The minimum Gasteiger partial charge on any atom is -0.217 e. The summed E-state index contributed by atoms with van der Waals surface area (Å²) >= 11 is 1.06. The Hall–Kier alpha value is -1.22. The molecule has 0 fully saturated rings. The summed E-state index contributed by atoms with van der Waals surface area (Å²) in [6.45, 7) is 0. The zero-order valence-electron chi connectivity index (χ0n) is 6.20. The Labute approximate surface area is 73.5 Å². The largest absolute Gasteiger partial charge is 0.269 e. The molecule has 0 aliphatic carbocycles. The summed E-state index contributed by atoms with van der Waals surface area (Å²) in [5.41, 5.74) is 1.01. The third-order valence-electron chi connectivity index (χ3n) is 1.54. The molecule has 1 nitrogen and oxygen atoms in total. The van der Waals surface area contributed by atoms with Crippen LogP contribution in [0.4, 0.5) is 4.39 Å². The van der Waals surface area contributed by atoms with Gasteiger partial charge in [0.2, 0.25) is 0 Å². The van der Waals surface area contributed by atoms with E-state index < -0.39 is 0 Å². The Morgan fingerprint density at radius 3 is 2.50 bits per heavy atom. The second-order valence-corrected chi connectivity index (χ2v) is 3.32. The number of hydrogen-bond donors (Lipinski definition) is 0. The monoisotopic (exact) mass is 179 g/mol. The van der Waals surface area contributed by atoms with Gasteiger partial charge in [0.1, 0.15) is 0 Å². The Morgan fingerprint density at radius 1 is 1.17 bits per heavy atom. The molecule has 0 atom stereocenters. The van der Waals surface area contributed by atoms with Gasteiger partial charge in [0.05, 0.1) is 4.88 Å². The molecule has 1 heterocycles. The van der Waals surface area contributed by atoms with Crippen LogP contribution in [-0.2, 0) is 0 Å². The van der Waals surface area contributed by atoms with Crippen LogP contribution in [0, 0.1) is 5.26 Å². The molecule has 2 aromatic rings. The minimum absolute atomic E-state index is 0.381. The average Bonchev–Trinajstić information content (AvgIpc) is 2.54. The van der Waals surface area contributed by atoms with E-state index in [0.717, 1.165) is 21.8 Å². The number of halogens is 1. The maximum atomic E-state index is 12.5. The maximum absolute atomic E-state index is 12.5. The highest BCUT2D eigenvalue weighted by atomic mass is 32.1. The van der Waals surface area contributed by atoms with Crippen molar-refractivity contribution >= 4 is 11.3 Å². The van der Waals surface area contributed by atoms with Crippen molar-refractivity contribution in [2.75, 3.05) is 0 Å². The minimum atomic E-state index is -0.381. The van der Waals surface area contributed by atoms with Gasteiger partial charge in [-0.05, 0) is 5.56 Å². The molecular weight excluding hydrogens is 173 g/mol. The highest BCUT2D eigenvalue weighted by Crippen LogP contribution is 2.24. The van der Waals surface area contributed by atoms with Crippen LogP contribution in [0.1, 0.15) is 0 Å². The van der Waals surface area contributed by atoms with Crippen molar-refractivity contribution in [2.24, 2.45) is 0 Å². The van der Waals surface area contributed by atoms with E-state index in [2.05, 4.69) is 4.98 Å². The lowest BCUT2D eigenvalue weighted by Crippen LogP contribution is -1.67. The lowest BCUT2D eigenvalue weighted by molar-refractivity contribution is 0.617. The first-order valence-electron chi connectivity index (χ1n) is 3.53. The van der Waals surface area contributed by atoms with E-state index in [0.29, 0.717) is 0 Å². The van der Waals surface area contributed by atoms with Gasteiger partial charge in [-0.3, -0.25) is 0 Å². The third kappa shape index (κ3) is 1.36. The Balaban J connectivity index is 2.45. The maximum Gasteiger partial charge on any atom is 0.269 e. The van der Waals surface area contributed by atoms with Crippen LogP contribution in [0.25, 0.3) is 10.4 Å². The van der Waals surface area contributed by atoms with Crippen LogP contribution in [0.3, 0.4) is 0 Å². The van der Waals surface area contributed by atoms with Gasteiger partial charge >= 0.3 is 0 Å². The quantitative estimate of drug-likeness (QED) is 0.655. The molecule has 0 amide bonds. The third-order valence-corrected chi connectivity index (χ3v) is 2.37. The van der Waals surface area contributed by atoms with E-state index in [1.807, 2.05) is 30.3 Å². The standard InChI is InChI=1S/C9H6FNS/c10-9-11-6-8(12-9)7-4-2-1-3-5-7/h1-6H. The zero-order valence-corrected chi connectivity index (χ0v) is 7.01. The van der Waals surface area contributed by atoms with Gasteiger partial charge in [-0.2, -0.15) is 4.39 Å². The molecule has 0 aliphatic heterocycles. The zero-order chi connectivity index (χ0) is 8.39. The SMILES string of the molecule is Fc1ncc(-c2ccccc2)s1. The summed E-state index contributed by atoms with van der Waals surface area (Å²) in [5.74, 6) is 0. The second-order valence-electron chi connectivity index (χ2n) is 2.34. The molecule has 1 aromatic carbocycles. The van der Waals surface area contributed by atoms with Gasteiger partial charge in [-0.25, -0.2) is 4.98 Å². The summed E-state index contributed by atoms with van der Waals surface area (Å²) < 4.78 is 12.5. The number of aromatic nitrogens is 1. The summed E-state index contributed by atoms with van der Waals surface area (Å²) in [6.07, 6.45) is 1.55. The summed E-state index contributed by atoms with van der Waals surface area (Å²) in [7, 11) is 0. The first-order chi connectivity index (χ1) is 5.86. The van der Waals surface area contributed by atoms with Gasteiger partial charge in [-0.1, -0.05) is 41.7 Å². The number of thiazole rings is 1. The molecule has 0 unspecified atom stereocenters. The fourth-order valence-corrected chi connectivity index (χ4v) is 1.63. The molecule has 0 saturated heterocycles. The molecule has 2 rings (SSSR count). The molecule has 3 heteroatoms. The van der Waals surface area contributed by atoms with E-state index in [4.69, 9.17) is 0 Å².